The predicted molar refractivity (Wildman–Crippen MR) is 126 cm³/mol. The molecule has 0 amide bonds. The van der Waals surface area contributed by atoms with Crippen molar-refractivity contribution >= 4 is 34.6 Å². The molecule has 0 aromatic carbocycles. The van der Waals surface area contributed by atoms with Gasteiger partial charge >= 0.3 is 0 Å². The van der Waals surface area contributed by atoms with Gasteiger partial charge < -0.3 is 10.7 Å². The van der Waals surface area contributed by atoms with Crippen molar-refractivity contribution in [1.29, 1.82) is 0 Å². The molecule has 0 saturated heterocycles. The van der Waals surface area contributed by atoms with Crippen LogP contribution in [-0.4, -0.2) is 35.1 Å². The summed E-state index contributed by atoms with van der Waals surface area (Å²) in [6.07, 6.45) is 12.5. The summed E-state index contributed by atoms with van der Waals surface area (Å²) in [5, 5.41) is 9.31. The summed E-state index contributed by atoms with van der Waals surface area (Å²) in [7, 11) is 0. The van der Waals surface area contributed by atoms with Crippen LogP contribution in [0.5, 0.6) is 0 Å². The van der Waals surface area contributed by atoms with Crippen molar-refractivity contribution in [3.8, 4) is 22.6 Å². The number of fused-ring (bicyclic) bond motifs is 1. The van der Waals surface area contributed by atoms with E-state index in [0.717, 1.165) is 38.3 Å². The Bertz CT molecular complexity index is 1560. The standard InChI is InChI=1S/C24H20N8/c1-3-20-19(9-14(2)16-10-17(25)13-27-12-16)22(32-31-20)24-29-21-18(6-8-28-23(21)30-24)15-5-4-7-26-11-15/h3-13,31H,2,25H2,1H3,(H,28,29,30)/b19-9+,20-3+. The first kappa shape index (κ1) is 19.4. The summed E-state index contributed by atoms with van der Waals surface area (Å²) < 4.78 is 0. The van der Waals surface area contributed by atoms with Gasteiger partial charge in [0.1, 0.15) is 5.69 Å². The second-order valence-electron chi connectivity index (χ2n) is 7.25. The van der Waals surface area contributed by atoms with Gasteiger partial charge in [-0.3, -0.25) is 15.1 Å². The highest BCUT2D eigenvalue weighted by atomic mass is 15.1. The second kappa shape index (κ2) is 7.92. The Labute approximate surface area is 183 Å². The Balaban J connectivity index is 1.67. The molecule has 0 spiro atoms. The van der Waals surface area contributed by atoms with E-state index in [9.17, 15) is 0 Å². The lowest BCUT2D eigenvalue weighted by molar-refractivity contribution is 1.05. The summed E-state index contributed by atoms with van der Waals surface area (Å²) in [6.45, 7) is 6.14. The zero-order valence-corrected chi connectivity index (χ0v) is 17.4. The number of hydrogen-bond acceptors (Lipinski definition) is 6. The smallest absolute Gasteiger partial charge is 0.178 e. The van der Waals surface area contributed by atoms with E-state index < -0.39 is 0 Å². The molecule has 32 heavy (non-hydrogen) atoms. The lowest BCUT2D eigenvalue weighted by Gasteiger charge is -2.01. The van der Waals surface area contributed by atoms with Crippen molar-refractivity contribution in [3.63, 3.8) is 0 Å². The SMILES string of the molecule is C=C(/C=c1/c(-c2nc3nccc(-c4cccnc4)c3[nH]2)n[nH]/c1=C/C)c1cncc(N)c1. The number of allylic oxidation sites excluding steroid dienone is 1. The monoisotopic (exact) mass is 420 g/mol. The topological polar surface area (TPSA) is 122 Å². The van der Waals surface area contributed by atoms with E-state index in [0.29, 0.717) is 22.9 Å². The van der Waals surface area contributed by atoms with Crippen LogP contribution in [0.1, 0.15) is 12.5 Å². The van der Waals surface area contributed by atoms with Crippen molar-refractivity contribution in [2.24, 2.45) is 0 Å². The Morgan fingerprint density at radius 3 is 2.81 bits per heavy atom. The lowest BCUT2D eigenvalue weighted by Crippen LogP contribution is -2.23. The van der Waals surface area contributed by atoms with Crippen LogP contribution < -0.4 is 16.3 Å². The van der Waals surface area contributed by atoms with Crippen LogP contribution in [0, 0.1) is 0 Å². The van der Waals surface area contributed by atoms with Crippen molar-refractivity contribution < 1.29 is 0 Å². The number of imidazole rings is 1. The van der Waals surface area contributed by atoms with Gasteiger partial charge in [-0.25, -0.2) is 9.97 Å². The van der Waals surface area contributed by atoms with E-state index in [2.05, 4.69) is 36.7 Å². The highest BCUT2D eigenvalue weighted by molar-refractivity contribution is 5.92. The van der Waals surface area contributed by atoms with Crippen LogP contribution in [0.4, 0.5) is 5.69 Å². The van der Waals surface area contributed by atoms with Gasteiger partial charge in [-0.15, -0.1) is 0 Å². The first-order valence-electron chi connectivity index (χ1n) is 10.0. The average Bonchev–Trinajstić information content (AvgIpc) is 3.43. The Morgan fingerprint density at radius 1 is 1.12 bits per heavy atom. The van der Waals surface area contributed by atoms with Crippen molar-refractivity contribution in [2.45, 2.75) is 6.92 Å². The number of hydrogen-bond donors (Lipinski definition) is 3. The van der Waals surface area contributed by atoms with Crippen molar-refractivity contribution in [1.82, 2.24) is 35.1 Å². The molecule has 0 atom stereocenters. The van der Waals surface area contributed by atoms with E-state index in [-0.39, 0.29) is 0 Å². The number of nitrogens with zero attached hydrogens (tertiary/aromatic N) is 5. The molecule has 5 aromatic heterocycles. The third-order valence-electron chi connectivity index (χ3n) is 5.16. The van der Waals surface area contributed by atoms with E-state index in [1.54, 1.807) is 24.8 Å². The van der Waals surface area contributed by atoms with Crippen LogP contribution in [0.3, 0.4) is 0 Å². The minimum absolute atomic E-state index is 0.582. The number of nitrogen functional groups attached to an aromatic ring is 1. The van der Waals surface area contributed by atoms with E-state index in [1.165, 1.54) is 0 Å². The fourth-order valence-corrected chi connectivity index (χ4v) is 3.59. The van der Waals surface area contributed by atoms with Gasteiger partial charge in [0, 0.05) is 52.9 Å². The quantitative estimate of drug-likeness (QED) is 0.411. The molecule has 0 unspecified atom stereocenters. The predicted octanol–water partition coefficient (Wildman–Crippen LogP) is 2.68. The molecule has 0 bridgehead atoms. The molecular formula is C24H20N8. The second-order valence-corrected chi connectivity index (χ2v) is 7.25. The molecule has 0 fully saturated rings. The molecule has 8 nitrogen and oxygen atoms in total. The lowest BCUT2D eigenvalue weighted by atomic mass is 10.1. The molecule has 0 saturated carbocycles. The molecular weight excluding hydrogens is 400 g/mol. The number of aromatic amines is 2. The number of anilines is 1. The first-order valence-corrected chi connectivity index (χ1v) is 10.0. The summed E-state index contributed by atoms with van der Waals surface area (Å²) in [6, 6.07) is 7.69. The number of nitrogens with two attached hydrogens (primary N) is 1. The largest absolute Gasteiger partial charge is 0.397 e. The van der Waals surface area contributed by atoms with Crippen molar-refractivity contribution in [3.05, 3.63) is 78.0 Å². The number of rotatable bonds is 4. The Morgan fingerprint density at radius 2 is 2.03 bits per heavy atom. The minimum atomic E-state index is 0.582. The highest BCUT2D eigenvalue weighted by Gasteiger charge is 2.15. The first-order chi connectivity index (χ1) is 15.6. The normalized spacial score (nSPS) is 12.5. The zero-order chi connectivity index (χ0) is 22.1. The number of nitrogens with one attached hydrogen (secondary N) is 2. The molecule has 0 aliphatic heterocycles. The van der Waals surface area contributed by atoms with Crippen LogP contribution in [-0.2, 0) is 0 Å². The maximum atomic E-state index is 5.88. The fourth-order valence-electron chi connectivity index (χ4n) is 3.59. The van der Waals surface area contributed by atoms with Crippen LogP contribution in [0.2, 0.25) is 0 Å². The molecule has 0 radical (unpaired) electrons. The fraction of sp³-hybridized carbons (Fsp3) is 0.0417. The molecule has 5 rings (SSSR count). The van der Waals surface area contributed by atoms with Crippen LogP contribution in [0.25, 0.3) is 51.5 Å². The maximum absolute atomic E-state index is 5.88. The van der Waals surface area contributed by atoms with Gasteiger partial charge in [0.25, 0.3) is 0 Å². The molecule has 0 aliphatic carbocycles. The highest BCUT2D eigenvalue weighted by Crippen LogP contribution is 2.26. The van der Waals surface area contributed by atoms with Crippen molar-refractivity contribution in [2.75, 3.05) is 5.73 Å². The zero-order valence-electron chi connectivity index (χ0n) is 17.4. The van der Waals surface area contributed by atoms with Gasteiger partial charge in [0.15, 0.2) is 11.5 Å². The Hall–Kier alpha value is -4.59. The molecule has 0 aliphatic rings. The molecule has 8 heteroatoms. The van der Waals surface area contributed by atoms with E-state index >= 15 is 0 Å². The van der Waals surface area contributed by atoms with Crippen LogP contribution in [0.15, 0.2) is 61.8 Å². The van der Waals surface area contributed by atoms with E-state index in [4.69, 9.17) is 10.7 Å². The molecule has 5 aromatic rings. The Kier molecular flexibility index (Phi) is 4.79. The number of aromatic nitrogens is 7. The minimum Gasteiger partial charge on any atom is -0.397 e. The molecule has 156 valence electrons. The van der Waals surface area contributed by atoms with Gasteiger partial charge in [0.2, 0.25) is 0 Å². The maximum Gasteiger partial charge on any atom is 0.178 e. The number of pyridine rings is 3. The van der Waals surface area contributed by atoms with E-state index in [1.807, 2.05) is 49.5 Å². The molecule has 4 N–H and O–H groups in total. The van der Waals surface area contributed by atoms with Gasteiger partial charge in [-0.05, 0) is 36.8 Å². The molecule has 5 heterocycles. The summed E-state index contributed by atoms with van der Waals surface area (Å²) >= 11 is 0. The number of H-pyrrole nitrogens is 2. The summed E-state index contributed by atoms with van der Waals surface area (Å²) in [5.74, 6) is 0.609. The summed E-state index contributed by atoms with van der Waals surface area (Å²) in [4.78, 5) is 20.9. The van der Waals surface area contributed by atoms with Gasteiger partial charge in [-0.2, -0.15) is 5.10 Å². The van der Waals surface area contributed by atoms with Crippen LogP contribution >= 0.6 is 0 Å². The van der Waals surface area contributed by atoms with Gasteiger partial charge in [0.05, 0.1) is 16.6 Å². The average molecular weight is 420 g/mol. The third-order valence-corrected chi connectivity index (χ3v) is 5.16. The summed E-state index contributed by atoms with van der Waals surface area (Å²) in [5.41, 5.74) is 12.1. The van der Waals surface area contributed by atoms with Gasteiger partial charge in [-0.1, -0.05) is 18.7 Å². The third kappa shape index (κ3) is 3.43.